The van der Waals surface area contributed by atoms with E-state index >= 15 is 0 Å². The molecule has 94 valence electrons. The highest BCUT2D eigenvalue weighted by Gasteiger charge is 2.22. The van der Waals surface area contributed by atoms with Crippen LogP contribution in [0.15, 0.2) is 16.4 Å². The minimum absolute atomic E-state index is 0.519. The normalized spacial score (nSPS) is 20.5. The zero-order chi connectivity index (χ0) is 12.3. The number of guanidine groups is 1. The van der Waals surface area contributed by atoms with Crippen molar-refractivity contribution in [3.8, 4) is 0 Å². The molecule has 2 heterocycles. The van der Waals surface area contributed by atoms with Gasteiger partial charge in [0.2, 0.25) is 0 Å². The first kappa shape index (κ1) is 12.4. The van der Waals surface area contributed by atoms with Crippen molar-refractivity contribution in [3.05, 3.63) is 21.9 Å². The van der Waals surface area contributed by atoms with E-state index in [2.05, 4.69) is 28.3 Å². The predicted molar refractivity (Wildman–Crippen MR) is 74.8 cm³/mol. The van der Waals surface area contributed by atoms with E-state index in [1.54, 1.807) is 4.88 Å². The number of likely N-dealkylation sites (N-methyl/N-ethyl adjacent to an activating group) is 1. The number of rotatable bonds is 4. The number of hydrogen-bond donors (Lipinski definition) is 1. The number of thiophene rings is 1. The van der Waals surface area contributed by atoms with Crippen molar-refractivity contribution in [1.82, 2.24) is 4.90 Å². The summed E-state index contributed by atoms with van der Waals surface area (Å²) in [5.74, 6) is 1.19. The molecule has 0 bridgehead atoms. The molecule has 3 nitrogen and oxygen atoms in total. The number of hydrogen-bond acceptors (Lipinski definition) is 4. The molecule has 1 aliphatic heterocycles. The van der Waals surface area contributed by atoms with E-state index in [1.807, 2.05) is 18.4 Å². The maximum atomic E-state index is 5.79. The zero-order valence-electron chi connectivity index (χ0n) is 10.6. The van der Waals surface area contributed by atoms with Crippen LogP contribution >= 0.6 is 11.3 Å². The first-order valence-electron chi connectivity index (χ1n) is 6.29. The van der Waals surface area contributed by atoms with Gasteiger partial charge in [-0.25, -0.2) is 0 Å². The summed E-state index contributed by atoms with van der Waals surface area (Å²) in [4.78, 5) is 7.99. The van der Waals surface area contributed by atoms with Crippen LogP contribution in [0.4, 0.5) is 0 Å². The fraction of sp³-hybridized carbons (Fsp3) is 0.615. The fourth-order valence-electron chi connectivity index (χ4n) is 2.26. The summed E-state index contributed by atoms with van der Waals surface area (Å²) in [6, 6.07) is 2.27. The molecule has 0 aliphatic carbocycles. The van der Waals surface area contributed by atoms with Gasteiger partial charge in [-0.2, -0.15) is 0 Å². The molecular formula is C13H21N3S. The van der Waals surface area contributed by atoms with Crippen molar-refractivity contribution in [2.24, 2.45) is 10.7 Å². The maximum Gasteiger partial charge on any atom is 0.191 e. The van der Waals surface area contributed by atoms with Crippen molar-refractivity contribution >= 4 is 17.3 Å². The highest BCUT2D eigenvalue weighted by atomic mass is 32.1. The van der Waals surface area contributed by atoms with Crippen LogP contribution in [-0.4, -0.2) is 31.0 Å². The molecule has 2 rings (SSSR count). The fourth-order valence-corrected chi connectivity index (χ4v) is 3.27. The highest BCUT2D eigenvalue weighted by Crippen LogP contribution is 2.29. The third-order valence-corrected chi connectivity index (χ3v) is 4.33. The molecule has 1 aromatic rings. The third kappa shape index (κ3) is 2.80. The van der Waals surface area contributed by atoms with Gasteiger partial charge in [0.25, 0.3) is 0 Å². The first-order chi connectivity index (χ1) is 8.22. The van der Waals surface area contributed by atoms with E-state index < -0.39 is 0 Å². The van der Waals surface area contributed by atoms with E-state index in [0.29, 0.717) is 11.9 Å². The van der Waals surface area contributed by atoms with Gasteiger partial charge in [-0.1, -0.05) is 13.3 Å². The van der Waals surface area contributed by atoms with Gasteiger partial charge >= 0.3 is 0 Å². The van der Waals surface area contributed by atoms with Crippen LogP contribution in [0.5, 0.6) is 0 Å². The SMILES string of the molecule is CCCCc1sccc1C1CN=C(N)N(C)C1. The molecule has 0 saturated carbocycles. The zero-order valence-corrected chi connectivity index (χ0v) is 11.5. The monoisotopic (exact) mass is 251 g/mol. The van der Waals surface area contributed by atoms with Gasteiger partial charge in [-0.05, 0) is 29.9 Å². The highest BCUT2D eigenvalue weighted by molar-refractivity contribution is 7.10. The van der Waals surface area contributed by atoms with Crippen LogP contribution in [0, 0.1) is 0 Å². The molecule has 0 spiro atoms. The van der Waals surface area contributed by atoms with Gasteiger partial charge in [0, 0.05) is 24.4 Å². The first-order valence-corrected chi connectivity index (χ1v) is 7.17. The van der Waals surface area contributed by atoms with Gasteiger partial charge in [-0.3, -0.25) is 4.99 Å². The molecule has 0 saturated heterocycles. The summed E-state index contributed by atoms with van der Waals surface area (Å²) in [6.45, 7) is 4.07. The number of nitrogens with zero attached hydrogens (tertiary/aromatic N) is 2. The molecule has 2 N–H and O–H groups in total. The molecule has 0 aromatic carbocycles. The molecule has 17 heavy (non-hydrogen) atoms. The van der Waals surface area contributed by atoms with Gasteiger partial charge < -0.3 is 10.6 Å². The molecular weight excluding hydrogens is 230 g/mol. The summed E-state index contributed by atoms with van der Waals surface area (Å²) >= 11 is 1.89. The Labute approximate surface area is 107 Å². The summed E-state index contributed by atoms with van der Waals surface area (Å²) in [7, 11) is 2.02. The lowest BCUT2D eigenvalue weighted by molar-refractivity contribution is 0.421. The van der Waals surface area contributed by atoms with Crippen LogP contribution in [0.25, 0.3) is 0 Å². The van der Waals surface area contributed by atoms with Crippen molar-refractivity contribution in [3.63, 3.8) is 0 Å². The Morgan fingerprint density at radius 2 is 2.41 bits per heavy atom. The van der Waals surface area contributed by atoms with Gasteiger partial charge in [0.1, 0.15) is 0 Å². The third-order valence-electron chi connectivity index (χ3n) is 3.34. The molecule has 1 aliphatic rings. The minimum atomic E-state index is 0.519. The van der Waals surface area contributed by atoms with Crippen LogP contribution in [0.1, 0.15) is 36.1 Å². The van der Waals surface area contributed by atoms with Crippen LogP contribution in [0.3, 0.4) is 0 Å². The van der Waals surface area contributed by atoms with E-state index in [0.717, 1.165) is 13.1 Å². The molecule has 0 amide bonds. The minimum Gasteiger partial charge on any atom is -0.370 e. The lowest BCUT2D eigenvalue weighted by atomic mass is 9.96. The Bertz CT molecular complexity index is 397. The van der Waals surface area contributed by atoms with Crippen LogP contribution in [-0.2, 0) is 6.42 Å². The van der Waals surface area contributed by atoms with Gasteiger partial charge in [0.05, 0.1) is 6.54 Å². The topological polar surface area (TPSA) is 41.6 Å². The van der Waals surface area contributed by atoms with Crippen molar-refractivity contribution < 1.29 is 0 Å². The van der Waals surface area contributed by atoms with E-state index in [-0.39, 0.29) is 0 Å². The average molecular weight is 251 g/mol. The van der Waals surface area contributed by atoms with Crippen molar-refractivity contribution in [1.29, 1.82) is 0 Å². The quantitative estimate of drug-likeness (QED) is 0.893. The Kier molecular flexibility index (Phi) is 4.05. The van der Waals surface area contributed by atoms with E-state index in [4.69, 9.17) is 5.73 Å². The second kappa shape index (κ2) is 5.54. The Balaban J connectivity index is 2.10. The molecule has 1 unspecified atom stereocenters. The van der Waals surface area contributed by atoms with Crippen molar-refractivity contribution in [2.75, 3.05) is 20.1 Å². The molecule has 0 fully saturated rings. The van der Waals surface area contributed by atoms with Gasteiger partial charge in [0.15, 0.2) is 5.96 Å². The Morgan fingerprint density at radius 3 is 3.12 bits per heavy atom. The molecule has 0 radical (unpaired) electrons. The number of nitrogens with two attached hydrogens (primary N) is 1. The summed E-state index contributed by atoms with van der Waals surface area (Å²) in [5, 5.41) is 2.21. The Morgan fingerprint density at radius 1 is 1.59 bits per heavy atom. The van der Waals surface area contributed by atoms with Crippen LogP contribution < -0.4 is 5.73 Å². The summed E-state index contributed by atoms with van der Waals surface area (Å²) < 4.78 is 0. The lowest BCUT2D eigenvalue weighted by Gasteiger charge is -2.29. The van der Waals surface area contributed by atoms with Crippen molar-refractivity contribution in [2.45, 2.75) is 32.1 Å². The smallest absolute Gasteiger partial charge is 0.191 e. The van der Waals surface area contributed by atoms with Crippen LogP contribution in [0.2, 0.25) is 0 Å². The lowest BCUT2D eigenvalue weighted by Crippen LogP contribution is -2.41. The Hall–Kier alpha value is -1.03. The maximum absolute atomic E-state index is 5.79. The predicted octanol–water partition coefficient (Wildman–Crippen LogP) is 2.43. The van der Waals surface area contributed by atoms with E-state index in [1.165, 1.54) is 24.8 Å². The second-order valence-corrected chi connectivity index (χ2v) is 5.68. The number of aryl methyl sites for hydroxylation is 1. The number of aliphatic imine (C=N–C) groups is 1. The second-order valence-electron chi connectivity index (χ2n) is 4.68. The summed E-state index contributed by atoms with van der Waals surface area (Å²) in [5.41, 5.74) is 7.28. The average Bonchev–Trinajstić information content (AvgIpc) is 2.78. The standard InChI is InChI=1S/C13H21N3S/c1-3-4-5-12-11(6-7-17-12)10-8-15-13(14)16(2)9-10/h6-7,10H,3-5,8-9H2,1-2H3,(H2,14,15). The molecule has 1 atom stereocenters. The number of unbranched alkanes of at least 4 members (excludes halogenated alkanes) is 1. The van der Waals surface area contributed by atoms with Gasteiger partial charge in [-0.15, -0.1) is 11.3 Å². The largest absolute Gasteiger partial charge is 0.370 e. The molecule has 1 aromatic heterocycles. The summed E-state index contributed by atoms with van der Waals surface area (Å²) in [6.07, 6.45) is 3.75. The van der Waals surface area contributed by atoms with E-state index in [9.17, 15) is 0 Å². The molecule has 4 heteroatoms.